The van der Waals surface area contributed by atoms with Gasteiger partial charge in [0.15, 0.2) is 0 Å². The fraction of sp³-hybridized carbons (Fsp3) is 0.462. The largest absolute Gasteiger partial charge is 0.346 e. The summed E-state index contributed by atoms with van der Waals surface area (Å²) in [6, 6.07) is 4.83. The molecule has 3 rings (SSSR count). The number of nitrogens with zero attached hydrogens (tertiary/aromatic N) is 1. The van der Waals surface area contributed by atoms with E-state index >= 15 is 0 Å². The molecule has 1 aliphatic carbocycles. The molecular formula is C13H17N3. The summed E-state index contributed by atoms with van der Waals surface area (Å²) in [6.45, 7) is 3.26. The highest BCUT2D eigenvalue weighted by Crippen LogP contribution is 2.27. The van der Waals surface area contributed by atoms with Crippen molar-refractivity contribution in [2.45, 2.75) is 32.4 Å². The van der Waals surface area contributed by atoms with Crippen LogP contribution in [-0.2, 0) is 6.54 Å². The Morgan fingerprint density at radius 1 is 1.50 bits per heavy atom. The van der Waals surface area contributed by atoms with Gasteiger partial charge >= 0.3 is 0 Å². The summed E-state index contributed by atoms with van der Waals surface area (Å²) in [5, 5.41) is 4.83. The average molecular weight is 215 g/mol. The van der Waals surface area contributed by atoms with Crippen molar-refractivity contribution in [3.63, 3.8) is 0 Å². The number of pyridine rings is 1. The number of hydrogen-bond acceptors (Lipinski definition) is 2. The standard InChI is InChI=1S/C13H17N3/c1-9-5-11(6-9)15-7-10-8-16-13-12(10)3-2-4-14-13/h2-4,8-9,11,15H,5-7H2,1H3,(H,14,16). The van der Waals surface area contributed by atoms with Crippen molar-refractivity contribution in [3.8, 4) is 0 Å². The summed E-state index contributed by atoms with van der Waals surface area (Å²) >= 11 is 0. The smallest absolute Gasteiger partial charge is 0.137 e. The fourth-order valence-corrected chi connectivity index (χ4v) is 2.48. The van der Waals surface area contributed by atoms with Gasteiger partial charge in [-0.15, -0.1) is 0 Å². The molecule has 2 aromatic rings. The van der Waals surface area contributed by atoms with E-state index in [0.717, 1.165) is 24.2 Å². The highest BCUT2D eigenvalue weighted by atomic mass is 14.9. The fourth-order valence-electron chi connectivity index (χ4n) is 2.48. The summed E-state index contributed by atoms with van der Waals surface area (Å²) in [5.41, 5.74) is 2.31. The van der Waals surface area contributed by atoms with E-state index in [1.165, 1.54) is 23.8 Å². The number of aromatic amines is 1. The van der Waals surface area contributed by atoms with Gasteiger partial charge in [0.2, 0.25) is 0 Å². The molecule has 0 amide bonds. The molecule has 0 bridgehead atoms. The molecule has 2 heterocycles. The topological polar surface area (TPSA) is 40.7 Å². The van der Waals surface area contributed by atoms with E-state index in [1.807, 2.05) is 12.3 Å². The first kappa shape index (κ1) is 9.85. The third kappa shape index (κ3) is 1.71. The van der Waals surface area contributed by atoms with Gasteiger partial charge in [0.1, 0.15) is 5.65 Å². The van der Waals surface area contributed by atoms with Crippen LogP contribution in [0, 0.1) is 5.92 Å². The second-order valence-corrected chi connectivity index (χ2v) is 4.87. The van der Waals surface area contributed by atoms with Crippen LogP contribution in [-0.4, -0.2) is 16.0 Å². The second-order valence-electron chi connectivity index (χ2n) is 4.87. The van der Waals surface area contributed by atoms with Gasteiger partial charge in [-0.25, -0.2) is 4.98 Å². The van der Waals surface area contributed by atoms with Crippen molar-refractivity contribution in [1.82, 2.24) is 15.3 Å². The molecule has 84 valence electrons. The van der Waals surface area contributed by atoms with Crippen LogP contribution < -0.4 is 5.32 Å². The maximum absolute atomic E-state index is 4.29. The normalized spacial score (nSPS) is 24.6. The minimum atomic E-state index is 0.719. The van der Waals surface area contributed by atoms with E-state index < -0.39 is 0 Å². The first-order chi connectivity index (χ1) is 7.83. The first-order valence-electron chi connectivity index (χ1n) is 5.97. The van der Waals surface area contributed by atoms with E-state index in [1.54, 1.807) is 0 Å². The summed E-state index contributed by atoms with van der Waals surface area (Å²) in [7, 11) is 0. The van der Waals surface area contributed by atoms with E-state index in [-0.39, 0.29) is 0 Å². The van der Waals surface area contributed by atoms with Crippen molar-refractivity contribution < 1.29 is 0 Å². The summed E-state index contributed by atoms with van der Waals surface area (Å²) in [4.78, 5) is 7.50. The van der Waals surface area contributed by atoms with Crippen LogP contribution in [0.5, 0.6) is 0 Å². The number of fused-ring (bicyclic) bond motifs is 1. The van der Waals surface area contributed by atoms with Gasteiger partial charge in [-0.3, -0.25) is 0 Å². The predicted octanol–water partition coefficient (Wildman–Crippen LogP) is 2.45. The monoisotopic (exact) mass is 215 g/mol. The third-order valence-electron chi connectivity index (χ3n) is 3.49. The Kier molecular flexibility index (Phi) is 2.40. The van der Waals surface area contributed by atoms with E-state index in [0.29, 0.717) is 0 Å². The second kappa shape index (κ2) is 3.91. The van der Waals surface area contributed by atoms with Crippen LogP contribution in [0.2, 0.25) is 0 Å². The molecule has 0 saturated heterocycles. The molecule has 3 nitrogen and oxygen atoms in total. The zero-order chi connectivity index (χ0) is 11.0. The molecule has 0 aliphatic heterocycles. The Bertz CT molecular complexity index is 483. The maximum Gasteiger partial charge on any atom is 0.137 e. The molecule has 0 atom stereocenters. The van der Waals surface area contributed by atoms with Crippen molar-refractivity contribution in [3.05, 3.63) is 30.1 Å². The van der Waals surface area contributed by atoms with Crippen LogP contribution in [0.3, 0.4) is 0 Å². The minimum Gasteiger partial charge on any atom is -0.346 e. The van der Waals surface area contributed by atoms with Crippen LogP contribution in [0.15, 0.2) is 24.5 Å². The quantitative estimate of drug-likeness (QED) is 0.825. The molecular weight excluding hydrogens is 198 g/mol. The molecule has 0 spiro atoms. The number of hydrogen-bond donors (Lipinski definition) is 2. The van der Waals surface area contributed by atoms with Crippen LogP contribution in [0.25, 0.3) is 11.0 Å². The summed E-state index contributed by atoms with van der Waals surface area (Å²) in [6.07, 6.45) is 6.53. The predicted molar refractivity (Wildman–Crippen MR) is 65.1 cm³/mol. The zero-order valence-electron chi connectivity index (χ0n) is 9.53. The Balaban J connectivity index is 1.70. The van der Waals surface area contributed by atoms with Gasteiger partial charge in [-0.2, -0.15) is 0 Å². The van der Waals surface area contributed by atoms with Gasteiger partial charge < -0.3 is 10.3 Å². The van der Waals surface area contributed by atoms with E-state index in [4.69, 9.17) is 0 Å². The Morgan fingerprint density at radius 2 is 2.38 bits per heavy atom. The average Bonchev–Trinajstić information content (AvgIpc) is 2.66. The molecule has 0 unspecified atom stereocenters. The Labute approximate surface area is 95.3 Å². The first-order valence-corrected chi connectivity index (χ1v) is 5.97. The lowest BCUT2D eigenvalue weighted by Gasteiger charge is -2.33. The number of nitrogens with one attached hydrogen (secondary N) is 2. The third-order valence-corrected chi connectivity index (χ3v) is 3.49. The van der Waals surface area contributed by atoms with Gasteiger partial charge in [-0.05, 0) is 36.5 Å². The molecule has 2 N–H and O–H groups in total. The molecule has 0 aromatic carbocycles. The molecule has 1 saturated carbocycles. The van der Waals surface area contributed by atoms with Crippen LogP contribution in [0.1, 0.15) is 25.3 Å². The van der Waals surface area contributed by atoms with Crippen LogP contribution >= 0.6 is 0 Å². The molecule has 16 heavy (non-hydrogen) atoms. The number of H-pyrrole nitrogens is 1. The van der Waals surface area contributed by atoms with E-state index in [9.17, 15) is 0 Å². The molecule has 1 fully saturated rings. The SMILES string of the molecule is CC1CC(NCc2c[nH]c3ncccc23)C1. The molecule has 2 aromatic heterocycles. The van der Waals surface area contributed by atoms with Crippen molar-refractivity contribution in [1.29, 1.82) is 0 Å². The van der Waals surface area contributed by atoms with Gasteiger partial charge in [0.25, 0.3) is 0 Å². The lowest BCUT2D eigenvalue weighted by Crippen LogP contribution is -2.39. The van der Waals surface area contributed by atoms with Gasteiger partial charge in [0.05, 0.1) is 0 Å². The minimum absolute atomic E-state index is 0.719. The lowest BCUT2D eigenvalue weighted by atomic mass is 9.82. The lowest BCUT2D eigenvalue weighted by molar-refractivity contribution is 0.240. The Morgan fingerprint density at radius 3 is 3.19 bits per heavy atom. The molecule has 0 radical (unpaired) electrons. The van der Waals surface area contributed by atoms with Gasteiger partial charge in [0, 0.05) is 30.4 Å². The highest BCUT2D eigenvalue weighted by molar-refractivity contribution is 5.79. The Hall–Kier alpha value is -1.35. The summed E-state index contributed by atoms with van der Waals surface area (Å²) < 4.78 is 0. The van der Waals surface area contributed by atoms with Crippen molar-refractivity contribution in [2.24, 2.45) is 5.92 Å². The molecule has 3 heteroatoms. The number of rotatable bonds is 3. The number of aromatic nitrogens is 2. The van der Waals surface area contributed by atoms with E-state index in [2.05, 4.69) is 34.5 Å². The summed E-state index contributed by atoms with van der Waals surface area (Å²) in [5.74, 6) is 0.905. The maximum atomic E-state index is 4.29. The zero-order valence-corrected chi connectivity index (χ0v) is 9.53. The van der Waals surface area contributed by atoms with Gasteiger partial charge in [-0.1, -0.05) is 6.92 Å². The van der Waals surface area contributed by atoms with Crippen LogP contribution in [0.4, 0.5) is 0 Å². The van der Waals surface area contributed by atoms with Crippen molar-refractivity contribution in [2.75, 3.05) is 0 Å². The highest BCUT2D eigenvalue weighted by Gasteiger charge is 2.24. The van der Waals surface area contributed by atoms with Crippen molar-refractivity contribution >= 4 is 11.0 Å². The molecule has 1 aliphatic rings.